The maximum Gasteiger partial charge on any atom is 0.355 e. The SMILES string of the molecule is CCOC(C)(OC(C)(F)F)C(C)(F)F. The van der Waals surface area contributed by atoms with Crippen molar-refractivity contribution in [2.24, 2.45) is 0 Å². The minimum absolute atomic E-state index is 0.143. The number of hydrogen-bond acceptors (Lipinski definition) is 2. The molecule has 0 spiro atoms. The first-order valence-corrected chi connectivity index (χ1v) is 4.11. The molecule has 0 fully saturated rings. The zero-order valence-corrected chi connectivity index (χ0v) is 8.54. The van der Waals surface area contributed by atoms with Crippen LogP contribution in [0.15, 0.2) is 0 Å². The van der Waals surface area contributed by atoms with E-state index in [0.717, 1.165) is 6.92 Å². The van der Waals surface area contributed by atoms with E-state index in [4.69, 9.17) is 0 Å². The fourth-order valence-electron chi connectivity index (χ4n) is 0.863. The third-order valence-corrected chi connectivity index (χ3v) is 1.59. The van der Waals surface area contributed by atoms with Crippen LogP contribution in [0.2, 0.25) is 0 Å². The van der Waals surface area contributed by atoms with Crippen molar-refractivity contribution in [2.45, 2.75) is 45.5 Å². The first-order chi connectivity index (χ1) is 6.02. The highest BCUT2D eigenvalue weighted by molar-refractivity contribution is 4.79. The topological polar surface area (TPSA) is 18.5 Å². The molecular formula is C8H14F4O2. The van der Waals surface area contributed by atoms with Crippen LogP contribution in [-0.2, 0) is 9.47 Å². The molecule has 0 aromatic carbocycles. The molecule has 0 bridgehead atoms. The predicted molar refractivity (Wildman–Crippen MR) is 42.4 cm³/mol. The van der Waals surface area contributed by atoms with Gasteiger partial charge in [-0.3, -0.25) is 4.74 Å². The highest BCUT2D eigenvalue weighted by Crippen LogP contribution is 2.36. The largest absolute Gasteiger partial charge is 0.355 e. The lowest BCUT2D eigenvalue weighted by atomic mass is 10.2. The second kappa shape index (κ2) is 4.02. The standard InChI is InChI=1S/C8H14F4O2/c1-5-13-7(3,6(2,9)10)14-8(4,11)12/h5H2,1-4H3. The Kier molecular flexibility index (Phi) is 3.92. The highest BCUT2D eigenvalue weighted by Gasteiger charge is 2.53. The van der Waals surface area contributed by atoms with Gasteiger partial charge in [-0.05, 0) is 13.8 Å². The summed E-state index contributed by atoms with van der Waals surface area (Å²) in [6, 6.07) is 0. The lowest BCUT2D eigenvalue weighted by Crippen LogP contribution is -2.51. The number of ether oxygens (including phenoxy) is 2. The van der Waals surface area contributed by atoms with Crippen LogP contribution < -0.4 is 0 Å². The zero-order chi connectivity index (χ0) is 11.6. The second-order valence-electron chi connectivity index (χ2n) is 3.18. The van der Waals surface area contributed by atoms with Crippen molar-refractivity contribution in [2.75, 3.05) is 6.61 Å². The van der Waals surface area contributed by atoms with E-state index >= 15 is 0 Å². The Labute approximate surface area is 80.2 Å². The molecule has 0 saturated heterocycles. The zero-order valence-electron chi connectivity index (χ0n) is 8.54. The van der Waals surface area contributed by atoms with Crippen molar-refractivity contribution in [1.82, 2.24) is 0 Å². The lowest BCUT2D eigenvalue weighted by Gasteiger charge is -2.36. The minimum Gasteiger partial charge on any atom is -0.345 e. The third-order valence-electron chi connectivity index (χ3n) is 1.59. The van der Waals surface area contributed by atoms with E-state index in [2.05, 4.69) is 9.47 Å². The molecule has 6 heteroatoms. The van der Waals surface area contributed by atoms with Crippen LogP contribution in [0.3, 0.4) is 0 Å². The number of halogens is 4. The van der Waals surface area contributed by atoms with Gasteiger partial charge in [0.05, 0.1) is 0 Å². The molecule has 0 N–H and O–H groups in total. The summed E-state index contributed by atoms with van der Waals surface area (Å²) in [6.07, 6.45) is -3.66. The van der Waals surface area contributed by atoms with Crippen molar-refractivity contribution in [3.8, 4) is 0 Å². The Balaban J connectivity index is 4.74. The fourth-order valence-corrected chi connectivity index (χ4v) is 0.863. The van der Waals surface area contributed by atoms with E-state index in [1.165, 1.54) is 6.92 Å². The molecule has 1 unspecified atom stereocenters. The summed E-state index contributed by atoms with van der Waals surface area (Å²) in [7, 11) is 0. The van der Waals surface area contributed by atoms with Crippen molar-refractivity contribution >= 4 is 0 Å². The van der Waals surface area contributed by atoms with Gasteiger partial charge in [-0.15, -0.1) is 0 Å². The second-order valence-corrected chi connectivity index (χ2v) is 3.18. The molecular weight excluding hydrogens is 204 g/mol. The third kappa shape index (κ3) is 3.79. The molecule has 0 radical (unpaired) electrons. The Morgan fingerprint density at radius 3 is 1.64 bits per heavy atom. The number of hydrogen-bond donors (Lipinski definition) is 0. The Hall–Kier alpha value is -0.360. The van der Waals surface area contributed by atoms with Crippen molar-refractivity contribution in [3.63, 3.8) is 0 Å². The predicted octanol–water partition coefficient (Wildman–Crippen LogP) is 3.02. The molecule has 1 atom stereocenters. The van der Waals surface area contributed by atoms with Crippen LogP contribution in [0.5, 0.6) is 0 Å². The molecule has 0 heterocycles. The van der Waals surface area contributed by atoms with Gasteiger partial charge in [-0.2, -0.15) is 8.78 Å². The lowest BCUT2D eigenvalue weighted by molar-refractivity contribution is -0.404. The van der Waals surface area contributed by atoms with Gasteiger partial charge < -0.3 is 4.74 Å². The first-order valence-electron chi connectivity index (χ1n) is 4.11. The van der Waals surface area contributed by atoms with Gasteiger partial charge in [-0.1, -0.05) is 0 Å². The molecule has 2 nitrogen and oxygen atoms in total. The first kappa shape index (κ1) is 13.6. The van der Waals surface area contributed by atoms with Gasteiger partial charge in [0.25, 0.3) is 5.92 Å². The molecule has 0 rings (SSSR count). The minimum atomic E-state index is -3.66. The van der Waals surface area contributed by atoms with E-state index in [1.54, 1.807) is 0 Å². The monoisotopic (exact) mass is 218 g/mol. The number of alkyl halides is 4. The van der Waals surface area contributed by atoms with E-state index in [0.29, 0.717) is 13.8 Å². The van der Waals surface area contributed by atoms with Gasteiger partial charge in [0.2, 0.25) is 5.79 Å². The van der Waals surface area contributed by atoms with Crippen molar-refractivity contribution < 1.29 is 27.0 Å². The van der Waals surface area contributed by atoms with Crippen LogP contribution in [0.4, 0.5) is 17.6 Å². The quantitative estimate of drug-likeness (QED) is 0.521. The molecule has 86 valence electrons. The molecule has 0 amide bonds. The van der Waals surface area contributed by atoms with Crippen molar-refractivity contribution in [3.05, 3.63) is 0 Å². The van der Waals surface area contributed by atoms with Crippen LogP contribution in [0.25, 0.3) is 0 Å². The summed E-state index contributed by atoms with van der Waals surface area (Å²) in [5.74, 6) is -6.12. The Morgan fingerprint density at radius 1 is 1.00 bits per heavy atom. The summed E-state index contributed by atoms with van der Waals surface area (Å²) in [5, 5.41) is 0. The maximum absolute atomic E-state index is 12.9. The summed E-state index contributed by atoms with van der Waals surface area (Å²) in [5.41, 5.74) is 0. The van der Waals surface area contributed by atoms with Crippen LogP contribution in [-0.4, -0.2) is 24.4 Å². The van der Waals surface area contributed by atoms with Gasteiger partial charge in [-0.25, -0.2) is 8.78 Å². The molecule has 0 aromatic heterocycles. The average Bonchev–Trinajstić information content (AvgIpc) is 1.79. The Morgan fingerprint density at radius 2 is 1.43 bits per heavy atom. The van der Waals surface area contributed by atoms with Crippen molar-refractivity contribution in [1.29, 1.82) is 0 Å². The smallest absolute Gasteiger partial charge is 0.345 e. The number of rotatable bonds is 5. The van der Waals surface area contributed by atoms with Gasteiger partial charge in [0.1, 0.15) is 0 Å². The van der Waals surface area contributed by atoms with Gasteiger partial charge in [0, 0.05) is 20.5 Å². The van der Waals surface area contributed by atoms with E-state index in [9.17, 15) is 17.6 Å². The summed E-state index contributed by atoms with van der Waals surface area (Å²) in [6.45, 7) is 2.91. The summed E-state index contributed by atoms with van der Waals surface area (Å²) in [4.78, 5) is 0. The summed E-state index contributed by atoms with van der Waals surface area (Å²) < 4.78 is 59.1. The van der Waals surface area contributed by atoms with E-state index < -0.39 is 17.8 Å². The van der Waals surface area contributed by atoms with E-state index in [1.807, 2.05) is 0 Å². The highest BCUT2D eigenvalue weighted by atomic mass is 19.3. The molecule has 0 aliphatic rings. The molecule has 0 saturated carbocycles. The molecule has 14 heavy (non-hydrogen) atoms. The molecule has 0 aromatic rings. The van der Waals surface area contributed by atoms with E-state index in [-0.39, 0.29) is 6.61 Å². The normalized spacial score (nSPS) is 18.0. The molecule has 0 aliphatic carbocycles. The van der Waals surface area contributed by atoms with Crippen LogP contribution in [0, 0.1) is 0 Å². The molecule has 0 aliphatic heterocycles. The van der Waals surface area contributed by atoms with Crippen LogP contribution in [0.1, 0.15) is 27.7 Å². The van der Waals surface area contributed by atoms with Gasteiger partial charge in [0.15, 0.2) is 0 Å². The average molecular weight is 218 g/mol. The summed E-state index contributed by atoms with van der Waals surface area (Å²) >= 11 is 0. The van der Waals surface area contributed by atoms with Gasteiger partial charge >= 0.3 is 6.11 Å². The Bertz CT molecular complexity index is 185. The fraction of sp³-hybridized carbons (Fsp3) is 1.00. The maximum atomic E-state index is 12.9. The van der Waals surface area contributed by atoms with Crippen LogP contribution >= 0.6 is 0 Å².